The van der Waals surface area contributed by atoms with E-state index >= 15 is 0 Å². The first-order chi connectivity index (χ1) is 9.22. The molecule has 0 radical (unpaired) electrons. The third-order valence-electron chi connectivity index (χ3n) is 4.58. The van der Waals surface area contributed by atoms with Gasteiger partial charge >= 0.3 is 5.97 Å². The number of rotatable bonds is 4. The first-order valence-electron chi connectivity index (χ1n) is 7.80. The van der Waals surface area contributed by atoms with E-state index in [4.69, 9.17) is 4.74 Å². The Morgan fingerprint density at radius 1 is 1.21 bits per heavy atom. The van der Waals surface area contributed by atoms with Gasteiger partial charge in [-0.2, -0.15) is 0 Å². The fourth-order valence-electron chi connectivity index (χ4n) is 3.65. The van der Waals surface area contributed by atoms with Gasteiger partial charge in [0.25, 0.3) is 0 Å². The summed E-state index contributed by atoms with van der Waals surface area (Å²) in [6.07, 6.45) is 7.86. The van der Waals surface area contributed by atoms with Crippen LogP contribution < -0.4 is 0 Å². The van der Waals surface area contributed by atoms with Crippen molar-refractivity contribution in [1.82, 2.24) is 4.90 Å². The number of hydrogen-bond acceptors (Lipinski definition) is 3. The Balaban J connectivity index is 2.01. The van der Waals surface area contributed by atoms with Gasteiger partial charge in [-0.15, -0.1) is 0 Å². The third-order valence-corrected chi connectivity index (χ3v) is 4.58. The van der Waals surface area contributed by atoms with Crippen LogP contribution in [0.15, 0.2) is 0 Å². The molecule has 2 aliphatic rings. The summed E-state index contributed by atoms with van der Waals surface area (Å²) in [4.78, 5) is 13.9. The standard InChI is InChI=1S/C15H27NO3/c1-2-19-12-7-6-10-16(11-12)14-9-5-3-4-8-13(14)15(17)18/h12-14H,2-11H2,1H3,(H,17,18). The molecule has 3 unspecified atom stereocenters. The fourth-order valence-corrected chi connectivity index (χ4v) is 3.65. The second-order valence-electron chi connectivity index (χ2n) is 5.86. The van der Waals surface area contributed by atoms with Crippen molar-refractivity contribution >= 4 is 5.97 Å². The van der Waals surface area contributed by atoms with Crippen LogP contribution in [0.3, 0.4) is 0 Å². The van der Waals surface area contributed by atoms with Crippen molar-refractivity contribution in [2.24, 2.45) is 5.92 Å². The van der Waals surface area contributed by atoms with Gasteiger partial charge in [0.05, 0.1) is 12.0 Å². The van der Waals surface area contributed by atoms with Crippen LogP contribution in [0.5, 0.6) is 0 Å². The maximum Gasteiger partial charge on any atom is 0.308 e. The molecule has 0 aromatic carbocycles. The van der Waals surface area contributed by atoms with Crippen molar-refractivity contribution in [1.29, 1.82) is 0 Å². The monoisotopic (exact) mass is 269 g/mol. The van der Waals surface area contributed by atoms with Crippen LogP contribution in [0.2, 0.25) is 0 Å². The molecule has 19 heavy (non-hydrogen) atoms. The van der Waals surface area contributed by atoms with Crippen LogP contribution in [0.1, 0.15) is 51.9 Å². The molecule has 1 N–H and O–H groups in total. The number of carboxylic acids is 1. The van der Waals surface area contributed by atoms with Crippen molar-refractivity contribution in [3.63, 3.8) is 0 Å². The second kappa shape index (κ2) is 7.25. The van der Waals surface area contributed by atoms with Gasteiger partial charge < -0.3 is 9.84 Å². The average molecular weight is 269 g/mol. The van der Waals surface area contributed by atoms with Crippen molar-refractivity contribution < 1.29 is 14.6 Å². The fraction of sp³-hybridized carbons (Fsp3) is 0.933. The van der Waals surface area contributed by atoms with Crippen LogP contribution in [0, 0.1) is 5.92 Å². The predicted molar refractivity (Wildman–Crippen MR) is 74.2 cm³/mol. The van der Waals surface area contributed by atoms with Crippen LogP contribution in [-0.2, 0) is 9.53 Å². The summed E-state index contributed by atoms with van der Waals surface area (Å²) in [5.74, 6) is -0.784. The Labute approximate surface area is 116 Å². The maximum atomic E-state index is 11.5. The zero-order valence-electron chi connectivity index (χ0n) is 12.0. The largest absolute Gasteiger partial charge is 0.481 e. The lowest BCUT2D eigenvalue weighted by atomic mass is 9.91. The minimum atomic E-state index is -0.606. The van der Waals surface area contributed by atoms with E-state index in [1.807, 2.05) is 6.92 Å². The minimum Gasteiger partial charge on any atom is -0.481 e. The molecule has 1 heterocycles. The van der Waals surface area contributed by atoms with Gasteiger partial charge in [-0.1, -0.05) is 19.3 Å². The molecule has 1 saturated heterocycles. The van der Waals surface area contributed by atoms with Gasteiger partial charge in [0.1, 0.15) is 0 Å². The molecular weight excluding hydrogens is 242 g/mol. The zero-order chi connectivity index (χ0) is 13.7. The summed E-state index contributed by atoms with van der Waals surface area (Å²) in [5, 5.41) is 9.48. The summed E-state index contributed by atoms with van der Waals surface area (Å²) >= 11 is 0. The molecule has 110 valence electrons. The Kier molecular flexibility index (Phi) is 5.64. The lowest BCUT2D eigenvalue weighted by Gasteiger charge is -2.40. The highest BCUT2D eigenvalue weighted by Crippen LogP contribution is 2.30. The number of ether oxygens (including phenoxy) is 1. The molecule has 2 rings (SSSR count). The molecule has 1 aliphatic carbocycles. The summed E-state index contributed by atoms with van der Waals surface area (Å²) in [6, 6.07) is 0.225. The van der Waals surface area contributed by atoms with Crippen LogP contribution >= 0.6 is 0 Å². The van der Waals surface area contributed by atoms with Gasteiger partial charge in [-0.25, -0.2) is 0 Å². The van der Waals surface area contributed by atoms with Crippen LogP contribution in [-0.4, -0.2) is 47.8 Å². The van der Waals surface area contributed by atoms with Gasteiger partial charge in [0.2, 0.25) is 0 Å². The number of carbonyl (C=O) groups is 1. The number of aliphatic carboxylic acids is 1. The van der Waals surface area contributed by atoms with Crippen LogP contribution in [0.4, 0.5) is 0 Å². The molecule has 1 aliphatic heterocycles. The van der Waals surface area contributed by atoms with Crippen molar-refractivity contribution in [3.05, 3.63) is 0 Å². The van der Waals surface area contributed by atoms with E-state index in [-0.39, 0.29) is 12.0 Å². The van der Waals surface area contributed by atoms with Gasteiger partial charge in [0.15, 0.2) is 0 Å². The Morgan fingerprint density at radius 2 is 2.00 bits per heavy atom. The molecule has 0 aromatic rings. The van der Waals surface area contributed by atoms with Crippen molar-refractivity contribution in [2.75, 3.05) is 19.7 Å². The average Bonchev–Trinajstić information content (AvgIpc) is 2.65. The SMILES string of the molecule is CCOC1CCCN(C2CCCCCC2C(=O)O)C1. The number of likely N-dealkylation sites (tertiary alicyclic amines) is 1. The molecule has 4 nitrogen and oxygen atoms in total. The lowest BCUT2D eigenvalue weighted by molar-refractivity contribution is -0.145. The molecule has 0 bridgehead atoms. The zero-order valence-corrected chi connectivity index (χ0v) is 12.0. The summed E-state index contributed by atoms with van der Waals surface area (Å²) in [5.41, 5.74) is 0. The van der Waals surface area contributed by atoms with E-state index in [2.05, 4.69) is 4.90 Å². The van der Waals surface area contributed by atoms with Gasteiger partial charge in [-0.05, 0) is 39.2 Å². The van der Waals surface area contributed by atoms with Crippen molar-refractivity contribution in [3.8, 4) is 0 Å². The molecule has 4 heteroatoms. The molecule has 1 saturated carbocycles. The summed E-state index contributed by atoms with van der Waals surface area (Å²) < 4.78 is 5.74. The maximum absolute atomic E-state index is 11.5. The normalized spacial score (nSPS) is 33.8. The molecular formula is C15H27NO3. The molecule has 0 amide bonds. The van der Waals surface area contributed by atoms with Gasteiger partial charge in [0, 0.05) is 19.2 Å². The number of hydrogen-bond donors (Lipinski definition) is 1. The highest BCUT2D eigenvalue weighted by Gasteiger charge is 2.35. The first-order valence-corrected chi connectivity index (χ1v) is 7.80. The van der Waals surface area contributed by atoms with Crippen LogP contribution in [0.25, 0.3) is 0 Å². The van der Waals surface area contributed by atoms with E-state index in [0.29, 0.717) is 6.10 Å². The highest BCUT2D eigenvalue weighted by atomic mass is 16.5. The quantitative estimate of drug-likeness (QED) is 0.797. The number of piperidine rings is 1. The van der Waals surface area contributed by atoms with E-state index in [9.17, 15) is 9.90 Å². The van der Waals surface area contributed by atoms with E-state index in [0.717, 1.165) is 51.8 Å². The predicted octanol–water partition coefficient (Wildman–Crippen LogP) is 2.52. The Morgan fingerprint density at radius 3 is 2.74 bits per heavy atom. The summed E-state index contributed by atoms with van der Waals surface area (Å²) in [6.45, 7) is 4.75. The third kappa shape index (κ3) is 3.93. The van der Waals surface area contributed by atoms with E-state index in [1.54, 1.807) is 0 Å². The molecule has 0 spiro atoms. The van der Waals surface area contributed by atoms with E-state index < -0.39 is 5.97 Å². The first kappa shape index (κ1) is 14.8. The highest BCUT2D eigenvalue weighted by molar-refractivity contribution is 5.70. The lowest BCUT2D eigenvalue weighted by Crippen LogP contribution is -2.49. The molecule has 2 fully saturated rings. The number of carboxylic acid groups (broad SMARTS) is 1. The topological polar surface area (TPSA) is 49.8 Å². The Bertz CT molecular complexity index is 293. The smallest absolute Gasteiger partial charge is 0.308 e. The second-order valence-corrected chi connectivity index (χ2v) is 5.86. The Hall–Kier alpha value is -0.610. The number of nitrogens with zero attached hydrogens (tertiary/aromatic N) is 1. The van der Waals surface area contributed by atoms with E-state index in [1.165, 1.54) is 12.8 Å². The minimum absolute atomic E-state index is 0.178. The summed E-state index contributed by atoms with van der Waals surface area (Å²) in [7, 11) is 0. The molecule has 3 atom stereocenters. The van der Waals surface area contributed by atoms with Gasteiger partial charge in [-0.3, -0.25) is 9.69 Å². The van der Waals surface area contributed by atoms with Crippen molar-refractivity contribution in [2.45, 2.75) is 64.0 Å². The molecule has 0 aromatic heterocycles.